The summed E-state index contributed by atoms with van der Waals surface area (Å²) in [5.74, 6) is 1.65. The maximum absolute atomic E-state index is 3.77. The summed E-state index contributed by atoms with van der Waals surface area (Å²) in [5, 5.41) is 7.21. The number of rotatable bonds is 5. The van der Waals surface area contributed by atoms with Gasteiger partial charge < -0.3 is 10.6 Å². The Morgan fingerprint density at radius 3 is 2.55 bits per heavy atom. The van der Waals surface area contributed by atoms with Gasteiger partial charge in [0, 0.05) is 6.04 Å². The van der Waals surface area contributed by atoms with Crippen LogP contribution in [-0.4, -0.2) is 25.7 Å². The van der Waals surface area contributed by atoms with E-state index in [1.165, 1.54) is 50.0 Å². The Bertz CT molecular complexity index is 455. The molecule has 2 aliphatic rings. The summed E-state index contributed by atoms with van der Waals surface area (Å²) < 4.78 is 0. The molecule has 0 bridgehead atoms. The van der Waals surface area contributed by atoms with Crippen molar-refractivity contribution in [3.63, 3.8) is 0 Å². The predicted molar refractivity (Wildman–Crippen MR) is 100 cm³/mol. The largest absolute Gasteiger partial charge is 0.317 e. The molecular weight excluding hydrogens is 315 g/mol. The number of halogens is 2. The lowest BCUT2D eigenvalue weighted by Crippen LogP contribution is -2.34. The van der Waals surface area contributed by atoms with E-state index in [1.807, 2.05) is 0 Å². The lowest BCUT2D eigenvalue weighted by atomic mass is 9.98. The topological polar surface area (TPSA) is 24.1 Å². The molecule has 1 saturated carbocycles. The molecule has 2 atom stereocenters. The van der Waals surface area contributed by atoms with Gasteiger partial charge in [-0.1, -0.05) is 42.0 Å². The van der Waals surface area contributed by atoms with E-state index in [4.69, 9.17) is 0 Å². The van der Waals surface area contributed by atoms with E-state index in [0.717, 1.165) is 17.9 Å². The summed E-state index contributed by atoms with van der Waals surface area (Å²) in [6, 6.07) is 11.4. The summed E-state index contributed by atoms with van der Waals surface area (Å²) in [6.07, 6.45) is 6.34. The van der Waals surface area contributed by atoms with Crippen LogP contribution in [0.15, 0.2) is 35.9 Å². The summed E-state index contributed by atoms with van der Waals surface area (Å²) in [7, 11) is 0. The Labute approximate surface area is 147 Å². The lowest BCUT2D eigenvalue weighted by Gasteiger charge is -2.22. The van der Waals surface area contributed by atoms with Crippen LogP contribution in [0.4, 0.5) is 0 Å². The van der Waals surface area contributed by atoms with Crippen molar-refractivity contribution < 1.29 is 0 Å². The molecule has 0 amide bonds. The fourth-order valence-corrected chi connectivity index (χ4v) is 3.25. The van der Waals surface area contributed by atoms with Gasteiger partial charge in [0.2, 0.25) is 0 Å². The molecule has 0 radical (unpaired) electrons. The molecule has 1 saturated heterocycles. The first-order valence-corrected chi connectivity index (χ1v) is 8.00. The van der Waals surface area contributed by atoms with E-state index in [2.05, 4.69) is 54.0 Å². The third kappa shape index (κ3) is 5.58. The van der Waals surface area contributed by atoms with Gasteiger partial charge in [0.25, 0.3) is 0 Å². The van der Waals surface area contributed by atoms with Crippen molar-refractivity contribution in [1.82, 2.24) is 10.6 Å². The zero-order valence-electron chi connectivity index (χ0n) is 13.3. The van der Waals surface area contributed by atoms with Crippen LogP contribution in [0.2, 0.25) is 0 Å². The molecule has 124 valence electrons. The number of hydrogen-bond donors (Lipinski definition) is 2. The van der Waals surface area contributed by atoms with Crippen molar-refractivity contribution >= 4 is 30.9 Å². The van der Waals surface area contributed by atoms with Crippen LogP contribution in [0.3, 0.4) is 0 Å². The van der Waals surface area contributed by atoms with Crippen molar-refractivity contribution in [2.45, 2.75) is 32.2 Å². The quantitative estimate of drug-likeness (QED) is 0.847. The van der Waals surface area contributed by atoms with E-state index < -0.39 is 0 Å². The van der Waals surface area contributed by atoms with E-state index in [9.17, 15) is 0 Å². The van der Waals surface area contributed by atoms with Crippen LogP contribution in [0.25, 0.3) is 6.08 Å². The summed E-state index contributed by atoms with van der Waals surface area (Å²) in [4.78, 5) is 0. The Kier molecular flexibility index (Phi) is 8.48. The molecule has 1 aromatic rings. The van der Waals surface area contributed by atoms with Gasteiger partial charge in [-0.25, -0.2) is 0 Å². The van der Waals surface area contributed by atoms with Crippen molar-refractivity contribution in [2.75, 3.05) is 19.6 Å². The molecule has 1 aromatic carbocycles. The smallest absolute Gasteiger partial charge is 0.0139 e. The normalized spacial score (nSPS) is 25.0. The maximum atomic E-state index is 3.77. The van der Waals surface area contributed by atoms with Crippen LogP contribution < -0.4 is 10.6 Å². The Morgan fingerprint density at radius 1 is 1.18 bits per heavy atom. The lowest BCUT2D eigenvalue weighted by molar-refractivity contribution is 0.354. The Morgan fingerprint density at radius 2 is 1.86 bits per heavy atom. The fraction of sp³-hybridized carbons (Fsp3) is 0.556. The molecule has 4 heteroatoms. The minimum Gasteiger partial charge on any atom is -0.317 e. The van der Waals surface area contributed by atoms with Crippen LogP contribution in [0.5, 0.6) is 0 Å². The second-order valence-electron chi connectivity index (χ2n) is 6.35. The number of piperidine rings is 1. The highest BCUT2D eigenvalue weighted by molar-refractivity contribution is 5.85. The van der Waals surface area contributed by atoms with Crippen LogP contribution in [-0.2, 0) is 0 Å². The van der Waals surface area contributed by atoms with Gasteiger partial charge in [-0.05, 0) is 63.2 Å². The molecule has 2 fully saturated rings. The average Bonchev–Trinajstić information content (AvgIpc) is 3.27. The monoisotopic (exact) mass is 342 g/mol. The third-order valence-corrected chi connectivity index (χ3v) is 4.70. The average molecular weight is 343 g/mol. The second-order valence-corrected chi connectivity index (χ2v) is 6.35. The molecule has 2 unspecified atom stereocenters. The van der Waals surface area contributed by atoms with E-state index >= 15 is 0 Å². The van der Waals surface area contributed by atoms with Gasteiger partial charge >= 0.3 is 0 Å². The second kappa shape index (κ2) is 9.57. The van der Waals surface area contributed by atoms with Crippen LogP contribution >= 0.6 is 24.8 Å². The minimum atomic E-state index is 0. The van der Waals surface area contributed by atoms with Crippen LogP contribution in [0, 0.1) is 11.8 Å². The van der Waals surface area contributed by atoms with E-state index in [0.29, 0.717) is 0 Å². The molecule has 1 aliphatic heterocycles. The molecular formula is C18H28Cl2N2. The fourth-order valence-electron chi connectivity index (χ4n) is 3.25. The highest BCUT2D eigenvalue weighted by Crippen LogP contribution is 2.38. The highest BCUT2D eigenvalue weighted by atomic mass is 35.5. The minimum absolute atomic E-state index is 0. The first kappa shape index (κ1) is 19.5. The van der Waals surface area contributed by atoms with Crippen molar-refractivity contribution in [3.8, 4) is 0 Å². The van der Waals surface area contributed by atoms with Gasteiger partial charge in [-0.15, -0.1) is 24.8 Å². The SMILES string of the molecule is CC(=Cc1ccccc1)C1CC1NCC1CCNCC1.Cl.Cl. The standard InChI is InChI=1S/C18H26N2.2ClH/c1-14(11-15-5-3-2-4-6-15)17-12-18(17)20-13-16-7-9-19-10-8-16;;/h2-6,11,16-20H,7-10,12-13H2,1H3;2*1H. The maximum Gasteiger partial charge on any atom is 0.0139 e. The van der Waals surface area contributed by atoms with Gasteiger partial charge in [-0.2, -0.15) is 0 Å². The summed E-state index contributed by atoms with van der Waals surface area (Å²) in [6.45, 7) is 5.89. The van der Waals surface area contributed by atoms with Crippen molar-refractivity contribution in [1.29, 1.82) is 0 Å². The first-order chi connectivity index (χ1) is 9.83. The summed E-state index contributed by atoms with van der Waals surface area (Å²) >= 11 is 0. The van der Waals surface area contributed by atoms with Crippen molar-refractivity contribution in [2.24, 2.45) is 11.8 Å². The number of benzene rings is 1. The van der Waals surface area contributed by atoms with Gasteiger partial charge in [0.05, 0.1) is 0 Å². The highest BCUT2D eigenvalue weighted by Gasteiger charge is 2.37. The van der Waals surface area contributed by atoms with Gasteiger partial charge in [0.15, 0.2) is 0 Å². The summed E-state index contributed by atoms with van der Waals surface area (Å²) in [5.41, 5.74) is 2.85. The first-order valence-electron chi connectivity index (χ1n) is 8.00. The molecule has 2 nitrogen and oxygen atoms in total. The molecule has 0 aromatic heterocycles. The zero-order chi connectivity index (χ0) is 13.8. The van der Waals surface area contributed by atoms with Crippen LogP contribution in [0.1, 0.15) is 31.7 Å². The van der Waals surface area contributed by atoms with Crippen molar-refractivity contribution in [3.05, 3.63) is 41.5 Å². The molecule has 3 rings (SSSR count). The van der Waals surface area contributed by atoms with Gasteiger partial charge in [0.1, 0.15) is 0 Å². The third-order valence-electron chi connectivity index (χ3n) is 4.70. The number of nitrogens with one attached hydrogen (secondary N) is 2. The van der Waals surface area contributed by atoms with E-state index in [-0.39, 0.29) is 24.8 Å². The molecule has 1 heterocycles. The Balaban J connectivity index is 0.00000121. The Hall–Kier alpha value is -0.540. The molecule has 0 spiro atoms. The molecule has 2 N–H and O–H groups in total. The number of hydrogen-bond acceptors (Lipinski definition) is 2. The molecule has 22 heavy (non-hydrogen) atoms. The van der Waals surface area contributed by atoms with E-state index in [1.54, 1.807) is 0 Å². The van der Waals surface area contributed by atoms with Gasteiger partial charge in [-0.3, -0.25) is 0 Å². The molecule has 1 aliphatic carbocycles. The zero-order valence-corrected chi connectivity index (χ0v) is 14.9. The predicted octanol–water partition coefficient (Wildman–Crippen LogP) is 3.91.